The molecule has 1 atom stereocenters. The Bertz CT molecular complexity index is 927. The van der Waals surface area contributed by atoms with Gasteiger partial charge in [0.15, 0.2) is 0 Å². The van der Waals surface area contributed by atoms with E-state index in [1.54, 1.807) is 12.0 Å². The van der Waals surface area contributed by atoms with Crippen molar-refractivity contribution in [3.05, 3.63) is 64.7 Å². The molecule has 3 rings (SSSR count). The molecule has 2 amide bonds. The van der Waals surface area contributed by atoms with Crippen LogP contribution in [-0.2, 0) is 22.6 Å². The van der Waals surface area contributed by atoms with E-state index in [2.05, 4.69) is 5.32 Å². The molecule has 0 bridgehead atoms. The molecule has 0 radical (unpaired) electrons. The molecule has 0 spiro atoms. The number of amides is 2. The lowest BCUT2D eigenvalue weighted by molar-refractivity contribution is -0.141. The van der Waals surface area contributed by atoms with Crippen LogP contribution in [0.2, 0.25) is 5.02 Å². The lowest BCUT2D eigenvalue weighted by Crippen LogP contribution is -2.51. The van der Waals surface area contributed by atoms with Crippen molar-refractivity contribution in [3.63, 3.8) is 0 Å². The molecular weight excluding hydrogens is 436 g/mol. The topological polar surface area (TPSA) is 58.6 Å². The number of ether oxygens (including phenoxy) is 1. The van der Waals surface area contributed by atoms with Gasteiger partial charge >= 0.3 is 0 Å². The number of aryl methyl sites for hydroxylation is 1. The minimum atomic E-state index is -0.517. The molecule has 33 heavy (non-hydrogen) atoms. The van der Waals surface area contributed by atoms with Crippen LogP contribution < -0.4 is 10.1 Å². The molecule has 178 valence electrons. The van der Waals surface area contributed by atoms with E-state index in [9.17, 15) is 9.59 Å². The molecule has 6 heteroatoms. The summed E-state index contributed by atoms with van der Waals surface area (Å²) in [5.41, 5.74) is 1.87. The van der Waals surface area contributed by atoms with Crippen molar-refractivity contribution in [2.75, 3.05) is 7.11 Å². The smallest absolute Gasteiger partial charge is 0.243 e. The van der Waals surface area contributed by atoms with Gasteiger partial charge in [-0.05, 0) is 55.0 Å². The molecule has 1 saturated carbocycles. The molecule has 0 saturated heterocycles. The molecule has 1 unspecified atom stereocenters. The van der Waals surface area contributed by atoms with E-state index in [1.807, 2.05) is 55.5 Å². The van der Waals surface area contributed by atoms with Crippen LogP contribution in [0, 0.1) is 0 Å². The summed E-state index contributed by atoms with van der Waals surface area (Å²) in [4.78, 5) is 28.5. The van der Waals surface area contributed by atoms with Crippen LogP contribution in [0.25, 0.3) is 0 Å². The number of hydrogen-bond acceptors (Lipinski definition) is 3. The van der Waals surface area contributed by atoms with E-state index in [4.69, 9.17) is 16.3 Å². The summed E-state index contributed by atoms with van der Waals surface area (Å²) in [5.74, 6) is 0.623. The normalized spacial score (nSPS) is 15.0. The molecule has 1 aliphatic rings. The zero-order valence-electron chi connectivity index (χ0n) is 19.7. The fourth-order valence-corrected chi connectivity index (χ4v) is 4.75. The highest BCUT2D eigenvalue weighted by Gasteiger charge is 2.30. The maximum absolute atomic E-state index is 13.5. The molecule has 1 N–H and O–H groups in total. The summed E-state index contributed by atoms with van der Waals surface area (Å²) >= 11 is 6.30. The average molecular weight is 471 g/mol. The zero-order valence-corrected chi connectivity index (χ0v) is 20.4. The maximum atomic E-state index is 13.5. The van der Waals surface area contributed by atoms with Gasteiger partial charge in [-0.3, -0.25) is 9.59 Å². The van der Waals surface area contributed by atoms with E-state index in [0.29, 0.717) is 30.8 Å². The fraction of sp³-hybridized carbons (Fsp3) is 0.481. The van der Waals surface area contributed by atoms with Gasteiger partial charge in [0.2, 0.25) is 11.8 Å². The molecule has 0 heterocycles. The Labute approximate surface area is 202 Å². The summed E-state index contributed by atoms with van der Waals surface area (Å²) in [6, 6.07) is 14.9. The lowest BCUT2D eigenvalue weighted by Gasteiger charge is -2.33. The third-order valence-electron chi connectivity index (χ3n) is 6.39. The first-order valence-electron chi connectivity index (χ1n) is 12.0. The predicted octanol–water partition coefficient (Wildman–Crippen LogP) is 5.54. The minimum absolute atomic E-state index is 0.0524. The Balaban J connectivity index is 1.78. The average Bonchev–Trinajstić information content (AvgIpc) is 2.84. The van der Waals surface area contributed by atoms with Crippen LogP contribution in [0.5, 0.6) is 5.75 Å². The Morgan fingerprint density at radius 2 is 1.88 bits per heavy atom. The van der Waals surface area contributed by atoms with Gasteiger partial charge < -0.3 is 15.0 Å². The van der Waals surface area contributed by atoms with Crippen molar-refractivity contribution >= 4 is 23.4 Å². The summed E-state index contributed by atoms with van der Waals surface area (Å²) in [6.07, 6.45) is 6.93. The van der Waals surface area contributed by atoms with Crippen LogP contribution >= 0.6 is 11.6 Å². The third kappa shape index (κ3) is 7.23. The second-order valence-corrected chi connectivity index (χ2v) is 9.14. The van der Waals surface area contributed by atoms with Crippen LogP contribution in [0.3, 0.4) is 0 Å². The molecule has 5 nitrogen and oxygen atoms in total. The summed E-state index contributed by atoms with van der Waals surface area (Å²) in [7, 11) is 1.62. The van der Waals surface area contributed by atoms with Crippen molar-refractivity contribution in [2.24, 2.45) is 0 Å². The number of rotatable bonds is 10. The van der Waals surface area contributed by atoms with Crippen molar-refractivity contribution in [2.45, 2.75) is 76.9 Å². The Morgan fingerprint density at radius 1 is 1.12 bits per heavy atom. The third-order valence-corrected chi connectivity index (χ3v) is 6.76. The Morgan fingerprint density at radius 3 is 2.58 bits per heavy atom. The first kappa shape index (κ1) is 25.1. The predicted molar refractivity (Wildman–Crippen MR) is 132 cm³/mol. The van der Waals surface area contributed by atoms with E-state index in [0.717, 1.165) is 42.6 Å². The standard InChI is InChI=1S/C27H35ClN2O3/c1-3-25(27(32)29-22-12-5-4-6-13-22)30(19-20-10-9-14-23(18-20)33-2)26(31)17-16-21-11-7-8-15-24(21)28/h7-11,14-15,18,22,25H,3-6,12-13,16-17,19H2,1-2H3,(H,29,32). The highest BCUT2D eigenvalue weighted by molar-refractivity contribution is 6.31. The van der Waals surface area contributed by atoms with Crippen molar-refractivity contribution in [1.82, 2.24) is 10.2 Å². The number of benzene rings is 2. The fourth-order valence-electron chi connectivity index (χ4n) is 4.52. The number of methoxy groups -OCH3 is 1. The molecule has 1 aliphatic carbocycles. The summed E-state index contributed by atoms with van der Waals surface area (Å²) in [6.45, 7) is 2.32. The molecule has 0 aliphatic heterocycles. The highest BCUT2D eigenvalue weighted by atomic mass is 35.5. The molecule has 2 aromatic carbocycles. The van der Waals surface area contributed by atoms with Crippen LogP contribution in [0.1, 0.15) is 63.0 Å². The number of carbonyl (C=O) groups excluding carboxylic acids is 2. The second kappa shape index (κ2) is 12.6. The minimum Gasteiger partial charge on any atom is -0.497 e. The number of carbonyl (C=O) groups is 2. The monoisotopic (exact) mass is 470 g/mol. The SMILES string of the molecule is CCC(C(=O)NC1CCCCC1)N(Cc1cccc(OC)c1)C(=O)CCc1ccccc1Cl. The zero-order chi connectivity index (χ0) is 23.6. The van der Waals surface area contributed by atoms with Crippen molar-refractivity contribution in [3.8, 4) is 5.75 Å². The number of nitrogens with one attached hydrogen (secondary N) is 1. The molecule has 1 fully saturated rings. The van der Waals surface area contributed by atoms with Gasteiger partial charge in [-0.2, -0.15) is 0 Å². The number of halogens is 1. The second-order valence-electron chi connectivity index (χ2n) is 8.73. The Hall–Kier alpha value is -2.53. The van der Waals surface area contributed by atoms with Crippen molar-refractivity contribution in [1.29, 1.82) is 0 Å². The van der Waals surface area contributed by atoms with Gasteiger partial charge in [0, 0.05) is 24.0 Å². The van der Waals surface area contributed by atoms with E-state index < -0.39 is 6.04 Å². The summed E-state index contributed by atoms with van der Waals surface area (Å²) in [5, 5.41) is 3.88. The van der Waals surface area contributed by atoms with Crippen molar-refractivity contribution < 1.29 is 14.3 Å². The number of hydrogen-bond donors (Lipinski definition) is 1. The van der Waals surface area contributed by atoms with E-state index in [1.165, 1.54) is 6.42 Å². The van der Waals surface area contributed by atoms with Crippen LogP contribution in [-0.4, -0.2) is 35.9 Å². The lowest BCUT2D eigenvalue weighted by atomic mass is 9.95. The van der Waals surface area contributed by atoms with Gasteiger partial charge in [0.1, 0.15) is 11.8 Å². The van der Waals surface area contributed by atoms with Gasteiger partial charge in [-0.1, -0.05) is 68.1 Å². The Kier molecular flexibility index (Phi) is 9.61. The first-order valence-corrected chi connectivity index (χ1v) is 12.4. The van der Waals surface area contributed by atoms with E-state index in [-0.39, 0.29) is 17.9 Å². The van der Waals surface area contributed by atoms with Crippen LogP contribution in [0.4, 0.5) is 0 Å². The highest BCUT2D eigenvalue weighted by Crippen LogP contribution is 2.22. The maximum Gasteiger partial charge on any atom is 0.243 e. The van der Waals surface area contributed by atoms with Gasteiger partial charge in [0.25, 0.3) is 0 Å². The summed E-state index contributed by atoms with van der Waals surface area (Å²) < 4.78 is 5.35. The molecular formula is C27H35ClN2O3. The molecule has 2 aromatic rings. The van der Waals surface area contributed by atoms with Gasteiger partial charge in [0.05, 0.1) is 7.11 Å². The molecule has 0 aromatic heterocycles. The van der Waals surface area contributed by atoms with Crippen LogP contribution in [0.15, 0.2) is 48.5 Å². The quantitative estimate of drug-likeness (QED) is 0.496. The van der Waals surface area contributed by atoms with E-state index >= 15 is 0 Å². The largest absolute Gasteiger partial charge is 0.497 e. The number of nitrogens with zero attached hydrogens (tertiary/aromatic N) is 1. The van der Waals surface area contributed by atoms with Gasteiger partial charge in [-0.25, -0.2) is 0 Å². The van der Waals surface area contributed by atoms with Gasteiger partial charge in [-0.15, -0.1) is 0 Å². The first-order chi connectivity index (χ1) is 16.0.